The van der Waals surface area contributed by atoms with Gasteiger partial charge < -0.3 is 9.64 Å². The first-order valence-electron chi connectivity index (χ1n) is 6.47. The molecular formula is C13H18N2O2S. The molecule has 0 aliphatic carbocycles. The summed E-state index contributed by atoms with van der Waals surface area (Å²) in [7, 11) is 0. The summed E-state index contributed by atoms with van der Waals surface area (Å²) in [4.78, 5) is 19.3. The van der Waals surface area contributed by atoms with Gasteiger partial charge in [-0.2, -0.15) is 0 Å². The van der Waals surface area contributed by atoms with Gasteiger partial charge in [-0.25, -0.2) is 4.98 Å². The van der Waals surface area contributed by atoms with Crippen LogP contribution in [0.4, 0.5) is 0 Å². The van der Waals surface area contributed by atoms with Crippen LogP contribution >= 0.6 is 11.3 Å². The van der Waals surface area contributed by atoms with Crippen LogP contribution in [0.2, 0.25) is 0 Å². The Morgan fingerprint density at radius 1 is 1.56 bits per heavy atom. The van der Waals surface area contributed by atoms with Gasteiger partial charge in [-0.05, 0) is 26.2 Å². The highest BCUT2D eigenvalue weighted by molar-refractivity contribution is 7.11. The van der Waals surface area contributed by atoms with Crippen LogP contribution in [0.1, 0.15) is 34.6 Å². The topological polar surface area (TPSA) is 42.4 Å². The third-order valence-electron chi connectivity index (χ3n) is 4.07. The van der Waals surface area contributed by atoms with Crippen LogP contribution in [0.25, 0.3) is 0 Å². The van der Waals surface area contributed by atoms with Crippen molar-refractivity contribution < 1.29 is 9.53 Å². The molecule has 0 bridgehead atoms. The van der Waals surface area contributed by atoms with Crippen molar-refractivity contribution in [1.29, 1.82) is 0 Å². The minimum Gasteiger partial charge on any atom is -0.381 e. The second kappa shape index (κ2) is 4.63. The predicted octanol–water partition coefficient (Wildman–Crippen LogP) is 2.09. The lowest BCUT2D eigenvalue weighted by Crippen LogP contribution is -2.37. The summed E-state index contributed by atoms with van der Waals surface area (Å²) in [6, 6.07) is 0. The lowest BCUT2D eigenvalue weighted by molar-refractivity contribution is -0.00157. The first-order valence-corrected chi connectivity index (χ1v) is 7.35. The maximum atomic E-state index is 12.4. The van der Waals surface area contributed by atoms with Gasteiger partial charge in [0.15, 0.2) is 0 Å². The molecular weight excluding hydrogens is 248 g/mol. The van der Waals surface area contributed by atoms with Crippen LogP contribution < -0.4 is 0 Å². The molecule has 1 spiro atoms. The first kappa shape index (κ1) is 12.1. The van der Waals surface area contributed by atoms with Gasteiger partial charge in [0, 0.05) is 25.1 Å². The Hall–Kier alpha value is -0.940. The maximum absolute atomic E-state index is 12.4. The van der Waals surface area contributed by atoms with E-state index in [0.29, 0.717) is 0 Å². The van der Waals surface area contributed by atoms with E-state index in [2.05, 4.69) is 4.98 Å². The molecule has 2 fully saturated rings. The van der Waals surface area contributed by atoms with Crippen molar-refractivity contribution in [3.8, 4) is 0 Å². The zero-order valence-corrected chi connectivity index (χ0v) is 11.5. The summed E-state index contributed by atoms with van der Waals surface area (Å²) in [5, 5.41) is 0. The van der Waals surface area contributed by atoms with Crippen molar-refractivity contribution in [2.75, 3.05) is 26.3 Å². The summed E-state index contributed by atoms with van der Waals surface area (Å²) in [6.45, 7) is 5.31. The highest BCUT2D eigenvalue weighted by Gasteiger charge is 2.41. The van der Waals surface area contributed by atoms with E-state index in [1.54, 1.807) is 5.51 Å². The number of aryl methyl sites for hydroxylation is 1. The zero-order valence-electron chi connectivity index (χ0n) is 10.6. The quantitative estimate of drug-likeness (QED) is 0.781. The molecule has 0 saturated carbocycles. The van der Waals surface area contributed by atoms with Crippen molar-refractivity contribution in [3.63, 3.8) is 0 Å². The van der Waals surface area contributed by atoms with Crippen LogP contribution in [0.5, 0.6) is 0 Å². The molecule has 3 rings (SSSR count). The van der Waals surface area contributed by atoms with E-state index < -0.39 is 0 Å². The average molecular weight is 266 g/mol. The van der Waals surface area contributed by atoms with E-state index in [1.807, 2.05) is 11.8 Å². The second-order valence-electron chi connectivity index (χ2n) is 5.40. The summed E-state index contributed by atoms with van der Waals surface area (Å²) in [6.07, 6.45) is 3.40. The van der Waals surface area contributed by atoms with Crippen LogP contribution in [-0.4, -0.2) is 42.1 Å². The number of nitrogens with zero attached hydrogens (tertiary/aromatic N) is 2. The van der Waals surface area contributed by atoms with Crippen molar-refractivity contribution in [2.45, 2.75) is 26.2 Å². The molecule has 1 aromatic heterocycles. The lowest BCUT2D eigenvalue weighted by atomic mass is 9.82. The molecule has 18 heavy (non-hydrogen) atoms. The highest BCUT2D eigenvalue weighted by atomic mass is 32.1. The first-order chi connectivity index (χ1) is 8.70. The largest absolute Gasteiger partial charge is 0.381 e. The van der Waals surface area contributed by atoms with Gasteiger partial charge >= 0.3 is 0 Å². The van der Waals surface area contributed by atoms with Gasteiger partial charge in [-0.1, -0.05) is 0 Å². The second-order valence-corrected chi connectivity index (χ2v) is 6.25. The van der Waals surface area contributed by atoms with Crippen LogP contribution in [0.15, 0.2) is 5.51 Å². The number of rotatable bonds is 1. The van der Waals surface area contributed by atoms with Gasteiger partial charge in [0.25, 0.3) is 5.91 Å². The highest BCUT2D eigenvalue weighted by Crippen LogP contribution is 2.38. The number of aromatic nitrogens is 1. The molecule has 1 aromatic rings. The Balaban J connectivity index is 1.72. The van der Waals surface area contributed by atoms with Gasteiger partial charge in [-0.15, -0.1) is 11.3 Å². The lowest BCUT2D eigenvalue weighted by Gasteiger charge is -2.32. The number of ether oxygens (including phenoxy) is 1. The summed E-state index contributed by atoms with van der Waals surface area (Å²) >= 11 is 1.45. The number of thiazole rings is 1. The molecule has 3 heterocycles. The normalized spacial score (nSPS) is 27.9. The molecule has 4 nitrogen and oxygen atoms in total. The number of carbonyl (C=O) groups is 1. The molecule has 2 aliphatic heterocycles. The molecule has 5 heteroatoms. The molecule has 1 unspecified atom stereocenters. The Morgan fingerprint density at radius 3 is 3.11 bits per heavy atom. The van der Waals surface area contributed by atoms with Crippen molar-refractivity contribution in [2.24, 2.45) is 5.41 Å². The Morgan fingerprint density at radius 2 is 2.44 bits per heavy atom. The Kier molecular flexibility index (Phi) is 3.11. The maximum Gasteiger partial charge on any atom is 0.265 e. The number of hydrogen-bond donors (Lipinski definition) is 0. The standard InChI is InChI=1S/C13H18N2O2S/c1-10-11(18-9-14-10)12(16)15-5-4-13(7-15)3-2-6-17-8-13/h9H,2-8H2,1H3. The SMILES string of the molecule is Cc1ncsc1C(=O)N1CCC2(CCCOC2)C1. The van der Waals surface area contributed by atoms with Crippen molar-refractivity contribution >= 4 is 17.2 Å². The molecule has 2 saturated heterocycles. The molecule has 0 radical (unpaired) electrons. The van der Waals surface area contributed by atoms with Gasteiger partial charge in [0.05, 0.1) is 17.8 Å². The van der Waals surface area contributed by atoms with Gasteiger partial charge in [-0.3, -0.25) is 4.79 Å². The van der Waals surface area contributed by atoms with E-state index >= 15 is 0 Å². The number of likely N-dealkylation sites (tertiary alicyclic amines) is 1. The summed E-state index contributed by atoms with van der Waals surface area (Å²) in [5.74, 6) is 0.150. The van der Waals surface area contributed by atoms with Crippen molar-refractivity contribution in [3.05, 3.63) is 16.1 Å². The summed E-state index contributed by atoms with van der Waals surface area (Å²) < 4.78 is 5.60. The zero-order chi connectivity index (χ0) is 12.6. The van der Waals surface area contributed by atoms with Crippen LogP contribution in [0, 0.1) is 12.3 Å². The van der Waals surface area contributed by atoms with Gasteiger partial charge in [0.1, 0.15) is 4.88 Å². The molecule has 98 valence electrons. The molecule has 1 atom stereocenters. The number of carbonyl (C=O) groups excluding carboxylic acids is 1. The fourth-order valence-corrected chi connectivity index (χ4v) is 3.76. The average Bonchev–Trinajstić information content (AvgIpc) is 2.97. The van der Waals surface area contributed by atoms with E-state index in [4.69, 9.17) is 4.74 Å². The van der Waals surface area contributed by atoms with Gasteiger partial charge in [0.2, 0.25) is 0 Å². The van der Waals surface area contributed by atoms with Crippen molar-refractivity contribution in [1.82, 2.24) is 9.88 Å². The van der Waals surface area contributed by atoms with E-state index in [-0.39, 0.29) is 11.3 Å². The van der Waals surface area contributed by atoms with E-state index in [9.17, 15) is 4.79 Å². The fraction of sp³-hybridized carbons (Fsp3) is 0.692. The molecule has 2 aliphatic rings. The monoisotopic (exact) mass is 266 g/mol. The van der Waals surface area contributed by atoms with Crippen LogP contribution in [0.3, 0.4) is 0 Å². The summed E-state index contributed by atoms with van der Waals surface area (Å²) in [5.41, 5.74) is 2.83. The molecule has 1 amide bonds. The Labute approximate surface area is 111 Å². The molecule has 0 N–H and O–H groups in total. The smallest absolute Gasteiger partial charge is 0.265 e. The number of hydrogen-bond acceptors (Lipinski definition) is 4. The Bertz CT molecular complexity index is 452. The van der Waals surface area contributed by atoms with E-state index in [0.717, 1.165) is 49.7 Å². The minimum absolute atomic E-state index is 0.150. The molecule has 0 aromatic carbocycles. The number of amides is 1. The third kappa shape index (κ3) is 2.06. The van der Waals surface area contributed by atoms with Crippen LogP contribution in [-0.2, 0) is 4.74 Å². The minimum atomic E-state index is 0.150. The predicted molar refractivity (Wildman–Crippen MR) is 69.9 cm³/mol. The third-order valence-corrected chi connectivity index (χ3v) is 4.99. The van der Waals surface area contributed by atoms with E-state index in [1.165, 1.54) is 17.8 Å². The fourth-order valence-electron chi connectivity index (χ4n) is 2.99.